The average Bonchev–Trinajstić information content (AvgIpc) is 2.28. The van der Waals surface area contributed by atoms with Gasteiger partial charge in [-0.1, -0.05) is 23.8 Å². The first-order valence-corrected chi connectivity index (χ1v) is 4.48. The molecule has 0 spiro atoms. The SMILES string of the molecule is Cc1ccc2c(c1)C(C)(N)CC2. The van der Waals surface area contributed by atoms with E-state index in [1.54, 1.807) is 0 Å². The molecule has 12 heavy (non-hydrogen) atoms. The largest absolute Gasteiger partial charge is 0.322 e. The topological polar surface area (TPSA) is 26.0 Å². The van der Waals surface area contributed by atoms with Crippen molar-refractivity contribution in [2.24, 2.45) is 5.73 Å². The molecule has 0 aliphatic heterocycles. The number of rotatable bonds is 0. The summed E-state index contributed by atoms with van der Waals surface area (Å²) < 4.78 is 0. The van der Waals surface area contributed by atoms with E-state index >= 15 is 0 Å². The second-order valence-corrected chi connectivity index (χ2v) is 4.08. The van der Waals surface area contributed by atoms with E-state index < -0.39 is 0 Å². The summed E-state index contributed by atoms with van der Waals surface area (Å²) in [5.41, 5.74) is 10.2. The molecule has 0 heterocycles. The lowest BCUT2D eigenvalue weighted by atomic mass is 9.94. The van der Waals surface area contributed by atoms with Crippen molar-refractivity contribution in [3.8, 4) is 0 Å². The van der Waals surface area contributed by atoms with Gasteiger partial charge in [-0.25, -0.2) is 0 Å². The predicted molar refractivity (Wildman–Crippen MR) is 51.0 cm³/mol. The Morgan fingerprint density at radius 1 is 1.42 bits per heavy atom. The molecule has 1 heteroatoms. The Hall–Kier alpha value is -0.820. The van der Waals surface area contributed by atoms with Crippen molar-refractivity contribution in [1.82, 2.24) is 0 Å². The fourth-order valence-corrected chi connectivity index (χ4v) is 1.97. The highest BCUT2D eigenvalue weighted by Gasteiger charge is 2.29. The highest BCUT2D eigenvalue weighted by Crippen LogP contribution is 2.34. The number of hydrogen-bond acceptors (Lipinski definition) is 1. The van der Waals surface area contributed by atoms with Gasteiger partial charge in [0, 0.05) is 5.54 Å². The Kier molecular flexibility index (Phi) is 1.52. The Morgan fingerprint density at radius 3 is 2.92 bits per heavy atom. The third-order valence-electron chi connectivity index (χ3n) is 2.79. The molecule has 0 bridgehead atoms. The van der Waals surface area contributed by atoms with Crippen LogP contribution in [0.2, 0.25) is 0 Å². The van der Waals surface area contributed by atoms with E-state index in [9.17, 15) is 0 Å². The monoisotopic (exact) mass is 161 g/mol. The first-order chi connectivity index (χ1) is 5.59. The van der Waals surface area contributed by atoms with Gasteiger partial charge in [-0.3, -0.25) is 0 Å². The number of nitrogens with two attached hydrogens (primary N) is 1. The van der Waals surface area contributed by atoms with E-state index in [0.29, 0.717) is 0 Å². The van der Waals surface area contributed by atoms with Crippen LogP contribution in [0.15, 0.2) is 18.2 Å². The van der Waals surface area contributed by atoms with Crippen LogP contribution in [0.5, 0.6) is 0 Å². The third kappa shape index (κ3) is 1.05. The van der Waals surface area contributed by atoms with Gasteiger partial charge in [0.2, 0.25) is 0 Å². The molecule has 1 unspecified atom stereocenters. The maximum absolute atomic E-state index is 6.16. The van der Waals surface area contributed by atoms with Crippen molar-refractivity contribution < 1.29 is 0 Å². The summed E-state index contributed by atoms with van der Waals surface area (Å²) in [4.78, 5) is 0. The number of hydrogen-bond donors (Lipinski definition) is 1. The zero-order valence-corrected chi connectivity index (χ0v) is 7.72. The summed E-state index contributed by atoms with van der Waals surface area (Å²) in [7, 11) is 0. The van der Waals surface area contributed by atoms with E-state index in [2.05, 4.69) is 32.0 Å². The zero-order chi connectivity index (χ0) is 8.77. The van der Waals surface area contributed by atoms with E-state index in [1.807, 2.05) is 0 Å². The number of benzene rings is 1. The van der Waals surface area contributed by atoms with E-state index in [1.165, 1.54) is 16.7 Å². The molecule has 1 aliphatic rings. The van der Waals surface area contributed by atoms with Crippen molar-refractivity contribution in [2.45, 2.75) is 32.2 Å². The summed E-state index contributed by atoms with van der Waals surface area (Å²) >= 11 is 0. The minimum Gasteiger partial charge on any atom is -0.322 e. The van der Waals surface area contributed by atoms with Crippen LogP contribution in [-0.4, -0.2) is 0 Å². The lowest BCUT2D eigenvalue weighted by Crippen LogP contribution is -2.29. The molecule has 0 radical (unpaired) electrons. The van der Waals surface area contributed by atoms with Gasteiger partial charge in [0.15, 0.2) is 0 Å². The lowest BCUT2D eigenvalue weighted by Gasteiger charge is -2.19. The standard InChI is InChI=1S/C11H15N/c1-8-3-4-9-5-6-11(2,12)10(9)7-8/h3-4,7H,5-6,12H2,1-2H3. The second-order valence-electron chi connectivity index (χ2n) is 4.08. The summed E-state index contributed by atoms with van der Waals surface area (Å²) in [5, 5.41) is 0. The van der Waals surface area contributed by atoms with Crippen LogP contribution in [-0.2, 0) is 12.0 Å². The number of aryl methyl sites for hydroxylation is 2. The zero-order valence-electron chi connectivity index (χ0n) is 7.72. The van der Waals surface area contributed by atoms with Crippen LogP contribution < -0.4 is 5.73 Å². The Bertz CT molecular complexity index is 313. The Morgan fingerprint density at radius 2 is 2.17 bits per heavy atom. The van der Waals surface area contributed by atoms with Crippen molar-refractivity contribution >= 4 is 0 Å². The summed E-state index contributed by atoms with van der Waals surface area (Å²) in [5.74, 6) is 0. The molecule has 2 rings (SSSR count). The fraction of sp³-hybridized carbons (Fsp3) is 0.455. The molecular formula is C11H15N. The minimum absolute atomic E-state index is 0.0820. The molecule has 0 amide bonds. The van der Waals surface area contributed by atoms with Gasteiger partial charge < -0.3 is 5.73 Å². The molecule has 0 aromatic heterocycles. The second kappa shape index (κ2) is 2.33. The Balaban J connectivity index is 2.57. The van der Waals surface area contributed by atoms with Crippen molar-refractivity contribution in [1.29, 1.82) is 0 Å². The van der Waals surface area contributed by atoms with Gasteiger partial charge in [0.25, 0.3) is 0 Å². The van der Waals surface area contributed by atoms with Crippen LogP contribution in [0.25, 0.3) is 0 Å². The molecule has 1 aliphatic carbocycles. The first kappa shape index (κ1) is 7.81. The normalized spacial score (nSPS) is 27.2. The van der Waals surface area contributed by atoms with E-state index in [-0.39, 0.29) is 5.54 Å². The van der Waals surface area contributed by atoms with Gasteiger partial charge in [0.05, 0.1) is 0 Å². The molecule has 64 valence electrons. The van der Waals surface area contributed by atoms with Crippen molar-refractivity contribution in [3.05, 3.63) is 34.9 Å². The number of fused-ring (bicyclic) bond motifs is 1. The van der Waals surface area contributed by atoms with Crippen molar-refractivity contribution in [2.75, 3.05) is 0 Å². The van der Waals surface area contributed by atoms with Gasteiger partial charge >= 0.3 is 0 Å². The highest BCUT2D eigenvalue weighted by molar-refractivity contribution is 5.40. The molecule has 2 N–H and O–H groups in total. The Labute approximate surface area is 73.6 Å². The minimum atomic E-state index is -0.0820. The molecule has 1 aromatic rings. The molecule has 1 atom stereocenters. The van der Waals surface area contributed by atoms with Crippen LogP contribution in [0, 0.1) is 6.92 Å². The summed E-state index contributed by atoms with van der Waals surface area (Å²) in [6.45, 7) is 4.24. The molecule has 0 saturated heterocycles. The smallest absolute Gasteiger partial charge is 0.0387 e. The summed E-state index contributed by atoms with van der Waals surface area (Å²) in [6.07, 6.45) is 2.23. The average molecular weight is 161 g/mol. The van der Waals surface area contributed by atoms with Gasteiger partial charge in [-0.2, -0.15) is 0 Å². The van der Waals surface area contributed by atoms with Crippen molar-refractivity contribution in [3.63, 3.8) is 0 Å². The fourth-order valence-electron chi connectivity index (χ4n) is 1.97. The molecule has 0 fully saturated rings. The molecular weight excluding hydrogens is 146 g/mol. The highest BCUT2D eigenvalue weighted by atomic mass is 14.7. The third-order valence-corrected chi connectivity index (χ3v) is 2.79. The summed E-state index contributed by atoms with van der Waals surface area (Å²) in [6, 6.07) is 6.60. The van der Waals surface area contributed by atoms with Crippen LogP contribution in [0.1, 0.15) is 30.0 Å². The van der Waals surface area contributed by atoms with E-state index in [4.69, 9.17) is 5.73 Å². The van der Waals surface area contributed by atoms with Crippen LogP contribution in [0.3, 0.4) is 0 Å². The maximum atomic E-state index is 6.16. The van der Waals surface area contributed by atoms with Gasteiger partial charge in [-0.05, 0) is 37.8 Å². The maximum Gasteiger partial charge on any atom is 0.0387 e. The molecule has 1 nitrogen and oxygen atoms in total. The first-order valence-electron chi connectivity index (χ1n) is 4.48. The quantitative estimate of drug-likeness (QED) is 0.619. The lowest BCUT2D eigenvalue weighted by molar-refractivity contribution is 0.492. The van der Waals surface area contributed by atoms with Crippen LogP contribution in [0.4, 0.5) is 0 Å². The van der Waals surface area contributed by atoms with Gasteiger partial charge in [-0.15, -0.1) is 0 Å². The van der Waals surface area contributed by atoms with Crippen LogP contribution >= 0.6 is 0 Å². The predicted octanol–water partition coefficient (Wildman–Crippen LogP) is 2.12. The molecule has 1 aromatic carbocycles. The van der Waals surface area contributed by atoms with Gasteiger partial charge in [0.1, 0.15) is 0 Å². The van der Waals surface area contributed by atoms with E-state index in [0.717, 1.165) is 12.8 Å². The molecule has 0 saturated carbocycles.